The highest BCUT2D eigenvalue weighted by Crippen LogP contribution is 2.48. The predicted octanol–water partition coefficient (Wildman–Crippen LogP) is 1.72. The maximum atomic E-state index is 12.3. The summed E-state index contributed by atoms with van der Waals surface area (Å²) in [6.45, 7) is 1.30. The van der Waals surface area contributed by atoms with E-state index in [2.05, 4.69) is 41.2 Å². The Morgan fingerprint density at radius 1 is 0.410 bits per heavy atom. The lowest BCUT2D eigenvalue weighted by atomic mass is 10.2. The number of aliphatic carboxylic acids is 1. The van der Waals surface area contributed by atoms with Crippen LogP contribution in [-0.4, -0.2) is 253 Å². The molecule has 134 heavy (non-hydrogen) atoms. The molecule has 0 spiro atoms. The average Bonchev–Trinajstić information content (AvgIpc) is 1.47. The number of nitrogens with two attached hydrogens (primary N) is 1. The number of benzene rings is 6. The van der Waals surface area contributed by atoms with Crippen molar-refractivity contribution in [3.63, 3.8) is 0 Å². The third-order valence-corrected chi connectivity index (χ3v) is 23.7. The number of amides is 9. The summed E-state index contributed by atoms with van der Waals surface area (Å²) >= 11 is 0. The highest BCUT2D eigenvalue weighted by Gasteiger charge is 2.46. The van der Waals surface area contributed by atoms with Crippen LogP contribution in [0.2, 0.25) is 0 Å². The molecule has 0 atom stereocenters. The number of hydrogen-bond acceptors (Lipinski definition) is 39. The van der Waals surface area contributed by atoms with Crippen molar-refractivity contribution in [3.8, 4) is 6.07 Å². The Balaban J connectivity index is 0.000000220. The number of nitrogens with one attached hydrogen (secondary N) is 2. The molecule has 0 fully saturated rings. The van der Waals surface area contributed by atoms with Gasteiger partial charge in [-0.15, -0.1) is 0 Å². The van der Waals surface area contributed by atoms with E-state index in [1.165, 1.54) is 36.4 Å². The molecule has 12 rings (SSSR count). The van der Waals surface area contributed by atoms with Crippen molar-refractivity contribution in [3.05, 3.63) is 133 Å². The van der Waals surface area contributed by atoms with E-state index in [9.17, 15) is 158 Å². The average molecular weight is 2040 g/mol. The van der Waals surface area contributed by atoms with E-state index in [4.69, 9.17) is 44.2 Å². The summed E-state index contributed by atoms with van der Waals surface area (Å²) in [5.41, 5.74) is 3.07. The highest BCUT2D eigenvalue weighted by molar-refractivity contribution is 8.19. The molecule has 0 unspecified atom stereocenters. The van der Waals surface area contributed by atoms with Crippen molar-refractivity contribution < 1.29 is 191 Å². The number of anilines is 6. The number of nitrogens with zero attached hydrogens (tertiary/aromatic N) is 13. The fraction of sp³-hybridized carbons (Fsp3) is 0.191. The first-order chi connectivity index (χ1) is 61.8. The number of alkyl halides is 3. The van der Waals surface area contributed by atoms with Gasteiger partial charge in [0.05, 0.1) is 122 Å². The van der Waals surface area contributed by atoms with Gasteiger partial charge >= 0.3 is 18.1 Å². The van der Waals surface area contributed by atoms with Crippen LogP contribution in [0.15, 0.2) is 203 Å². The zero-order chi connectivity index (χ0) is 101. The molecule has 0 radical (unpaired) electrons. The number of aliphatic hydroxyl groups is 1. The van der Waals surface area contributed by atoms with Gasteiger partial charge in [-0.25, -0.2) is 9.80 Å². The molecule has 6 aromatic carbocycles. The number of esters is 1. The number of nitriles is 1. The fourth-order valence-electron chi connectivity index (χ4n) is 10.6. The summed E-state index contributed by atoms with van der Waals surface area (Å²) in [7, 11) is -35.4. The Labute approximate surface area is 753 Å². The number of Topliss-reactive ketones (excluding diaryl/α,β-unsaturated/α-hetero) is 1. The minimum atomic E-state index is -5.13. The van der Waals surface area contributed by atoms with Gasteiger partial charge < -0.3 is 58.6 Å². The first kappa shape index (κ1) is 107. The van der Waals surface area contributed by atoms with Crippen LogP contribution in [0.3, 0.4) is 0 Å². The normalized spacial score (nSPS) is 15.5. The van der Waals surface area contributed by atoms with Crippen LogP contribution in [0.1, 0.15) is 51.9 Å². The van der Waals surface area contributed by atoms with Gasteiger partial charge in [0.25, 0.3) is 120 Å². The number of carbonyl (C=O) groups is 12. The van der Waals surface area contributed by atoms with Gasteiger partial charge in [0.2, 0.25) is 0 Å². The molecule has 720 valence electrons. The molecule has 18 N–H and O–H groups in total. The van der Waals surface area contributed by atoms with Gasteiger partial charge in [0, 0.05) is 13.1 Å². The van der Waals surface area contributed by atoms with E-state index >= 15 is 0 Å². The second-order valence-corrected chi connectivity index (χ2v) is 37.6. The number of carbonyl (C=O) groups excluding carboxylic acids is 11. The zero-order valence-corrected chi connectivity index (χ0v) is 73.3. The SMILES string of the molecule is CCOC(=O)C1=NN(c2cc(S(O)(O)O)ccc2S(=O)(=O)O)C(=O)C1.N#CC1=NN(c2ccc(S(=O)(=O)O)cc2)C(=O)C1.NC(=O)C1=NN(c2cc(S(O)(O)O)ccc2S(=O)(=O)O)C(=O)C1.O=C(NCCO)C1=NN(c2ccc(S(=O)(=O)O)cc2)C(=O)C1.O=C(O)CCNC(=O)C1=NN(c2ccc(S(=O)(=O)O)cc2)C(=O)C1.O=C1CC(C(=O)C(F)(F)F)=NN1c1ccc(S(=O)(=O)O)cc1. The van der Waals surface area contributed by atoms with Gasteiger partial charge in [-0.1, -0.05) is 0 Å². The molecule has 6 aliphatic heterocycles. The van der Waals surface area contributed by atoms with Crippen LogP contribution in [0.25, 0.3) is 0 Å². The Kier molecular flexibility index (Phi) is 34.4. The monoisotopic (exact) mass is 2040 g/mol. The van der Waals surface area contributed by atoms with Crippen molar-refractivity contribution in [2.45, 2.75) is 97.2 Å². The molecular weight excluding hydrogens is 1980 g/mol. The second-order valence-electron chi connectivity index (χ2n) is 26.1. The molecule has 66 heteroatoms. The minimum absolute atomic E-state index is 0.00249. The Bertz CT molecular complexity index is 6750. The number of carboxylic acids is 1. The van der Waals surface area contributed by atoms with E-state index in [0.717, 1.165) is 112 Å². The third-order valence-electron chi connectivity index (χ3n) is 16.7. The molecule has 55 nitrogen and oxygen atoms in total. The highest BCUT2D eigenvalue weighted by atomic mass is 32.3. The van der Waals surface area contributed by atoms with Crippen LogP contribution in [0.5, 0.6) is 0 Å². The number of hydrogen-bond donors (Lipinski definition) is 17. The second kappa shape index (κ2) is 42.9. The molecule has 9 amide bonds. The molecule has 6 aliphatic rings. The molecule has 6 heterocycles. The van der Waals surface area contributed by atoms with E-state index in [-0.39, 0.29) is 118 Å². The van der Waals surface area contributed by atoms with Crippen molar-refractivity contribution >= 4 is 222 Å². The van der Waals surface area contributed by atoms with Crippen molar-refractivity contribution in [2.75, 3.05) is 56.4 Å². The topological polar surface area (TPSA) is 870 Å². The summed E-state index contributed by atoms with van der Waals surface area (Å²) in [6, 6.07) is 25.0. The molecular formula is C68H65F3N16O39S8. The number of ether oxygens (including phenoxy) is 1. The van der Waals surface area contributed by atoms with E-state index in [0.29, 0.717) is 20.7 Å². The standard InChI is InChI=1S/C13H13N3O7S.C12H13N3O6S.C12H14N2O9S2.C11H7F3N2O5S.C10H11N3O8S2.C10H7N3O4S/c17-11-7-10(13(20)14-6-5-12(18)19)15-16(11)8-1-3-9(4-2-8)24(21,22)23;16-6-5-13-12(18)10-7-11(17)15(14-10)8-1-3-9(4-2-8)22(19,20)21;1-2-23-12(16)8-6-11(15)14(13-8)9-5-7(24(17,18)19)3-4-10(9)25(20,21)22;12-11(13,14)10(18)8-5-9(17)16(15-8)6-1-3-7(4-2-6)22(19,20)21;11-10(15)6-4-9(14)13(12-6)7-3-5(22(16,17)18)1-2-8(7)23(19,20)21;11-6-7-5-10(14)13(12-7)8-1-3-9(4-2-8)18(15,16)17/h1-4H,5-7H2,(H,14,20)(H,18,19)(H,21,22,23);1-4,16H,5-7H2,(H,13,18)(H,19,20,21);3-5,17-19H,2,6H2,1H3,(H,20,21,22);1-4H,5H2,(H,19,20,21);1-3,16-18H,4H2,(H2,11,15)(H,19,20,21);1-4H,5H2,(H,15,16,17). The predicted molar refractivity (Wildman–Crippen MR) is 450 cm³/mol. The van der Waals surface area contributed by atoms with Crippen LogP contribution in [0, 0.1) is 11.3 Å². The van der Waals surface area contributed by atoms with Crippen LogP contribution in [-0.2, 0) is 123 Å². The lowest BCUT2D eigenvalue weighted by Gasteiger charge is -2.22. The van der Waals surface area contributed by atoms with E-state index < -0.39 is 214 Å². The van der Waals surface area contributed by atoms with Crippen LogP contribution >= 0.6 is 21.7 Å². The molecule has 0 saturated carbocycles. The smallest absolute Gasteiger partial charge is 0.456 e. The Morgan fingerprint density at radius 3 is 0.978 bits per heavy atom. The van der Waals surface area contributed by atoms with Crippen molar-refractivity contribution in [2.24, 2.45) is 36.3 Å². The maximum Gasteiger partial charge on any atom is 0.456 e. The molecule has 0 aliphatic carbocycles. The molecule has 0 saturated heterocycles. The summed E-state index contributed by atoms with van der Waals surface area (Å²) in [4.78, 5) is 135. The van der Waals surface area contributed by atoms with Gasteiger partial charge in [-0.2, -0.15) is 125 Å². The van der Waals surface area contributed by atoms with Crippen molar-refractivity contribution in [1.82, 2.24) is 10.6 Å². The summed E-state index contributed by atoms with van der Waals surface area (Å²) < 4.78 is 284. The fourth-order valence-corrected chi connectivity index (χ4v) is 14.9. The van der Waals surface area contributed by atoms with Crippen LogP contribution in [0.4, 0.5) is 47.3 Å². The zero-order valence-electron chi connectivity index (χ0n) is 66.7. The molecule has 6 aromatic rings. The lowest BCUT2D eigenvalue weighted by Crippen LogP contribution is -2.32. The third kappa shape index (κ3) is 28.9. The number of halogens is 3. The number of rotatable bonds is 25. The largest absolute Gasteiger partial charge is 0.481 e. The summed E-state index contributed by atoms with van der Waals surface area (Å²) in [5.74, 6) is -10.2. The Hall–Kier alpha value is -13.7. The summed E-state index contributed by atoms with van der Waals surface area (Å²) in [5, 5.41) is 57.0. The number of ketones is 1. The minimum Gasteiger partial charge on any atom is -0.481 e. The lowest BCUT2D eigenvalue weighted by molar-refractivity contribution is -0.163. The first-order valence-electron chi connectivity index (χ1n) is 35.6. The Morgan fingerprint density at radius 2 is 0.694 bits per heavy atom. The molecule has 0 bridgehead atoms. The van der Waals surface area contributed by atoms with Crippen LogP contribution < -0.4 is 46.4 Å². The van der Waals surface area contributed by atoms with E-state index in [1.807, 2.05) is 0 Å². The van der Waals surface area contributed by atoms with Gasteiger partial charge in [0.15, 0.2) is 5.71 Å². The maximum absolute atomic E-state index is 12.3. The van der Waals surface area contributed by atoms with Gasteiger partial charge in [-0.3, -0.25) is 80.1 Å². The number of primary amides is 1. The number of aliphatic hydroxyl groups excluding tert-OH is 1. The van der Waals surface area contributed by atoms with Gasteiger partial charge in [-0.05, 0) is 140 Å². The number of carboxylic acid groups (broad SMARTS) is 1. The first-order valence-corrected chi connectivity index (χ1v) is 47.3. The number of hydrazone groups is 6. The summed E-state index contributed by atoms with van der Waals surface area (Å²) in [6.07, 6.45) is -7.72. The molecule has 0 aromatic heterocycles. The van der Waals surface area contributed by atoms with Crippen molar-refractivity contribution in [1.29, 1.82) is 5.26 Å². The quantitative estimate of drug-likeness (QED) is 0.0287. The van der Waals surface area contributed by atoms with Gasteiger partial charge in [0.1, 0.15) is 66.2 Å². The van der Waals surface area contributed by atoms with E-state index in [1.54, 1.807) is 13.0 Å².